The number of nitrogens with one attached hydrogen (secondary N) is 2. The van der Waals surface area contributed by atoms with Crippen LogP contribution < -0.4 is 10.6 Å². The molecule has 1 unspecified atom stereocenters. The molecule has 18 heavy (non-hydrogen) atoms. The van der Waals surface area contributed by atoms with Gasteiger partial charge >= 0.3 is 6.18 Å². The van der Waals surface area contributed by atoms with Gasteiger partial charge in [0.05, 0.1) is 18.8 Å². The Labute approximate surface area is 103 Å². The van der Waals surface area contributed by atoms with Gasteiger partial charge in [-0.2, -0.15) is 13.2 Å². The highest BCUT2D eigenvalue weighted by molar-refractivity contribution is 5.45. The van der Waals surface area contributed by atoms with Gasteiger partial charge in [-0.05, 0) is 24.3 Å². The van der Waals surface area contributed by atoms with E-state index in [1.165, 1.54) is 12.1 Å². The second-order valence-electron chi connectivity index (χ2n) is 4.18. The zero-order valence-electron chi connectivity index (χ0n) is 9.76. The van der Waals surface area contributed by atoms with Crippen molar-refractivity contribution in [1.29, 1.82) is 0 Å². The van der Waals surface area contributed by atoms with E-state index in [0.717, 1.165) is 18.7 Å². The molecule has 0 aliphatic carbocycles. The van der Waals surface area contributed by atoms with E-state index < -0.39 is 11.7 Å². The van der Waals surface area contributed by atoms with Crippen LogP contribution in [0.4, 0.5) is 18.9 Å². The standard InChI is InChI=1S/C12H15F3N2O/c13-12(14,15)9-1-3-10(4-2-9)17-7-11-8-18-6-5-16-11/h1-4,11,16-17H,5-8H2. The Kier molecular flexibility index (Phi) is 4.08. The summed E-state index contributed by atoms with van der Waals surface area (Å²) in [6, 6.07) is 5.22. The van der Waals surface area contributed by atoms with Crippen LogP contribution in [-0.4, -0.2) is 32.3 Å². The first kappa shape index (κ1) is 13.2. The molecule has 0 spiro atoms. The lowest BCUT2D eigenvalue weighted by atomic mass is 10.2. The third-order valence-electron chi connectivity index (χ3n) is 2.76. The number of hydrogen-bond acceptors (Lipinski definition) is 3. The minimum Gasteiger partial charge on any atom is -0.383 e. The second kappa shape index (κ2) is 5.58. The van der Waals surface area contributed by atoms with E-state index in [1.54, 1.807) is 0 Å². The molecule has 6 heteroatoms. The zero-order valence-corrected chi connectivity index (χ0v) is 9.76. The smallest absolute Gasteiger partial charge is 0.383 e. The highest BCUT2D eigenvalue weighted by atomic mass is 19.4. The van der Waals surface area contributed by atoms with Gasteiger partial charge in [0, 0.05) is 24.8 Å². The summed E-state index contributed by atoms with van der Waals surface area (Å²) in [7, 11) is 0. The molecule has 1 aromatic carbocycles. The first-order valence-corrected chi connectivity index (χ1v) is 5.78. The summed E-state index contributed by atoms with van der Waals surface area (Å²) in [4.78, 5) is 0. The van der Waals surface area contributed by atoms with Crippen molar-refractivity contribution < 1.29 is 17.9 Å². The lowest BCUT2D eigenvalue weighted by Crippen LogP contribution is -2.45. The molecule has 1 aromatic rings. The fourth-order valence-corrected chi connectivity index (χ4v) is 1.77. The summed E-state index contributed by atoms with van der Waals surface area (Å²) in [5.74, 6) is 0. The van der Waals surface area contributed by atoms with Gasteiger partial charge in [-0.25, -0.2) is 0 Å². The van der Waals surface area contributed by atoms with Crippen LogP contribution in [0.15, 0.2) is 24.3 Å². The predicted molar refractivity (Wildman–Crippen MR) is 62.5 cm³/mol. The maximum atomic E-state index is 12.3. The van der Waals surface area contributed by atoms with Crippen molar-refractivity contribution in [2.45, 2.75) is 12.2 Å². The first-order chi connectivity index (χ1) is 8.55. The fourth-order valence-electron chi connectivity index (χ4n) is 1.77. The lowest BCUT2D eigenvalue weighted by molar-refractivity contribution is -0.137. The summed E-state index contributed by atoms with van der Waals surface area (Å²) < 4.78 is 42.3. The van der Waals surface area contributed by atoms with Crippen LogP contribution in [0.25, 0.3) is 0 Å². The summed E-state index contributed by atoms with van der Waals surface area (Å²) in [6.07, 6.45) is -4.28. The Balaban J connectivity index is 1.86. The van der Waals surface area contributed by atoms with Crippen molar-refractivity contribution in [1.82, 2.24) is 5.32 Å². The molecule has 3 nitrogen and oxygen atoms in total. The molecule has 0 radical (unpaired) electrons. The molecule has 2 N–H and O–H groups in total. The normalized spacial score (nSPS) is 20.7. The molecule has 0 saturated carbocycles. The summed E-state index contributed by atoms with van der Waals surface area (Å²) in [5, 5.41) is 6.34. The molecule has 1 fully saturated rings. The van der Waals surface area contributed by atoms with Crippen molar-refractivity contribution in [2.75, 3.05) is 31.6 Å². The fraction of sp³-hybridized carbons (Fsp3) is 0.500. The maximum absolute atomic E-state index is 12.3. The molecule has 1 saturated heterocycles. The molecule has 0 aromatic heterocycles. The highest BCUT2D eigenvalue weighted by Gasteiger charge is 2.29. The highest BCUT2D eigenvalue weighted by Crippen LogP contribution is 2.29. The Morgan fingerprint density at radius 2 is 2.00 bits per heavy atom. The van der Waals surface area contributed by atoms with Gasteiger partial charge in [0.25, 0.3) is 0 Å². The maximum Gasteiger partial charge on any atom is 0.416 e. The minimum absolute atomic E-state index is 0.195. The van der Waals surface area contributed by atoms with Crippen molar-refractivity contribution in [3.63, 3.8) is 0 Å². The average molecular weight is 260 g/mol. The number of ether oxygens (including phenoxy) is 1. The molecule has 2 rings (SSSR count). The van der Waals surface area contributed by atoms with Crippen LogP contribution in [0.2, 0.25) is 0 Å². The van der Waals surface area contributed by atoms with Crippen LogP contribution in [0.3, 0.4) is 0 Å². The third-order valence-corrected chi connectivity index (χ3v) is 2.76. The molecule has 1 aliphatic rings. The molecule has 100 valence electrons. The molecule has 1 atom stereocenters. The number of anilines is 1. The molecular weight excluding hydrogens is 245 g/mol. The summed E-state index contributed by atoms with van der Waals surface area (Å²) in [6.45, 7) is 2.76. The molecule has 0 bridgehead atoms. The summed E-state index contributed by atoms with van der Waals surface area (Å²) >= 11 is 0. The Morgan fingerprint density at radius 3 is 2.56 bits per heavy atom. The second-order valence-corrected chi connectivity index (χ2v) is 4.18. The zero-order chi connectivity index (χ0) is 13.0. The first-order valence-electron chi connectivity index (χ1n) is 5.78. The average Bonchev–Trinajstić information content (AvgIpc) is 2.37. The van der Waals surface area contributed by atoms with Crippen LogP contribution in [0.5, 0.6) is 0 Å². The van der Waals surface area contributed by atoms with E-state index in [2.05, 4.69) is 10.6 Å². The van der Waals surface area contributed by atoms with E-state index in [-0.39, 0.29) is 6.04 Å². The van der Waals surface area contributed by atoms with Gasteiger partial charge in [0.2, 0.25) is 0 Å². The third kappa shape index (κ3) is 3.61. The monoisotopic (exact) mass is 260 g/mol. The summed E-state index contributed by atoms with van der Waals surface area (Å²) in [5.41, 5.74) is 0.0440. The number of alkyl halides is 3. The van der Waals surface area contributed by atoms with Crippen LogP contribution >= 0.6 is 0 Å². The largest absolute Gasteiger partial charge is 0.416 e. The molecule has 1 heterocycles. The number of morpholine rings is 1. The van der Waals surface area contributed by atoms with E-state index in [1.807, 2.05) is 0 Å². The Morgan fingerprint density at radius 1 is 1.28 bits per heavy atom. The molecular formula is C12H15F3N2O. The number of hydrogen-bond donors (Lipinski definition) is 2. The van der Waals surface area contributed by atoms with E-state index in [0.29, 0.717) is 25.4 Å². The van der Waals surface area contributed by atoms with Crippen molar-refractivity contribution in [2.24, 2.45) is 0 Å². The van der Waals surface area contributed by atoms with Crippen molar-refractivity contribution in [3.05, 3.63) is 29.8 Å². The van der Waals surface area contributed by atoms with Crippen LogP contribution in [0, 0.1) is 0 Å². The van der Waals surface area contributed by atoms with Crippen LogP contribution in [-0.2, 0) is 10.9 Å². The molecule has 1 aliphatic heterocycles. The number of rotatable bonds is 3. The van der Waals surface area contributed by atoms with E-state index in [9.17, 15) is 13.2 Å². The van der Waals surface area contributed by atoms with Gasteiger partial charge in [0.1, 0.15) is 0 Å². The topological polar surface area (TPSA) is 33.3 Å². The Bertz CT molecular complexity index is 372. The lowest BCUT2D eigenvalue weighted by Gasteiger charge is -2.24. The predicted octanol–water partition coefficient (Wildman–Crippen LogP) is 2.11. The molecule has 0 amide bonds. The SMILES string of the molecule is FC(F)(F)c1ccc(NCC2COCCN2)cc1. The van der Waals surface area contributed by atoms with Gasteiger partial charge in [-0.3, -0.25) is 0 Å². The van der Waals surface area contributed by atoms with E-state index >= 15 is 0 Å². The minimum atomic E-state index is -4.28. The quantitative estimate of drug-likeness (QED) is 0.873. The van der Waals surface area contributed by atoms with Gasteiger partial charge in [-0.1, -0.05) is 0 Å². The number of halogens is 3. The van der Waals surface area contributed by atoms with Crippen molar-refractivity contribution in [3.8, 4) is 0 Å². The van der Waals surface area contributed by atoms with Gasteiger partial charge in [-0.15, -0.1) is 0 Å². The number of benzene rings is 1. The van der Waals surface area contributed by atoms with E-state index in [4.69, 9.17) is 4.74 Å². The van der Waals surface area contributed by atoms with Gasteiger partial charge in [0.15, 0.2) is 0 Å². The van der Waals surface area contributed by atoms with Crippen LogP contribution in [0.1, 0.15) is 5.56 Å². The van der Waals surface area contributed by atoms with Gasteiger partial charge < -0.3 is 15.4 Å². The van der Waals surface area contributed by atoms with Crippen molar-refractivity contribution >= 4 is 5.69 Å². The Hall–Kier alpha value is -1.27.